The molecule has 0 spiro atoms. The van der Waals surface area contributed by atoms with E-state index in [1.807, 2.05) is 285 Å². The van der Waals surface area contributed by atoms with Crippen LogP contribution in [0.2, 0.25) is 0 Å². The van der Waals surface area contributed by atoms with Crippen LogP contribution in [0, 0.1) is 0 Å². The molecule has 3 aliphatic rings. The van der Waals surface area contributed by atoms with E-state index < -0.39 is 34.4 Å². The molecule has 692 valence electrons. The van der Waals surface area contributed by atoms with Crippen molar-refractivity contribution in [1.29, 1.82) is 0 Å². The van der Waals surface area contributed by atoms with Gasteiger partial charge in [-0.15, -0.1) is 0 Å². The molecule has 0 bridgehead atoms. The summed E-state index contributed by atoms with van der Waals surface area (Å²) < 4.78 is 155. The summed E-state index contributed by atoms with van der Waals surface area (Å²) in [5, 5.41) is 5.41. The third kappa shape index (κ3) is 14.4. The van der Waals surface area contributed by atoms with Gasteiger partial charge in [0.25, 0.3) is 0 Å². The average molecular weight is 1890 g/mol. The van der Waals surface area contributed by atoms with Gasteiger partial charge in [-0.3, -0.25) is 0 Å². The summed E-state index contributed by atoms with van der Waals surface area (Å²) in [4.78, 5) is 6.66. The Morgan fingerprint density at radius 3 is 0.898 bits per heavy atom. The van der Waals surface area contributed by atoms with Crippen molar-refractivity contribution in [2.24, 2.45) is 0 Å². The number of para-hydroxylation sites is 8. The molecule has 6 nitrogen and oxygen atoms in total. The third-order valence-corrected chi connectivity index (χ3v) is 29.4. The van der Waals surface area contributed by atoms with Crippen molar-refractivity contribution in [1.82, 2.24) is 0 Å². The normalized spacial score (nSPS) is 16.3. The van der Waals surface area contributed by atoms with Crippen molar-refractivity contribution >= 4 is 117 Å². The lowest BCUT2D eigenvalue weighted by atomic mass is 9.66. The highest BCUT2D eigenvalue weighted by molar-refractivity contribution is 6.11. The van der Waals surface area contributed by atoms with Gasteiger partial charge in [0.05, 0.1) is 36.8 Å². The Hall–Kier alpha value is -19.1. The van der Waals surface area contributed by atoms with E-state index in [1.165, 1.54) is 0 Å². The van der Waals surface area contributed by atoms with Crippen molar-refractivity contribution in [3.05, 3.63) is 643 Å². The molecule has 3 heterocycles. The van der Waals surface area contributed by atoms with Gasteiger partial charge in [-0.05, 0) is 262 Å². The first-order chi connectivity index (χ1) is 79.1. The van der Waals surface area contributed by atoms with E-state index in [4.69, 9.17) is 25.6 Å². The number of benzene rings is 23. The Morgan fingerprint density at radius 2 is 0.449 bits per heavy atom. The number of hydrogen-bond acceptors (Lipinski definition) is 6. The molecule has 26 aromatic rings. The second kappa shape index (κ2) is 36.4. The van der Waals surface area contributed by atoms with Crippen LogP contribution in [-0.4, -0.2) is 0 Å². The Morgan fingerprint density at radius 1 is 0.163 bits per heavy atom. The fourth-order valence-corrected chi connectivity index (χ4v) is 23.3. The molecule has 23 aromatic carbocycles. The molecule has 0 aliphatic heterocycles. The van der Waals surface area contributed by atoms with E-state index >= 15 is 0 Å². The van der Waals surface area contributed by atoms with Gasteiger partial charge in [-0.1, -0.05) is 430 Å². The lowest BCUT2D eigenvalue weighted by molar-refractivity contribution is 0.648. The van der Waals surface area contributed by atoms with Crippen molar-refractivity contribution in [2.45, 2.75) is 16.2 Å². The van der Waals surface area contributed by atoms with Crippen LogP contribution in [0.3, 0.4) is 0 Å². The maximum Gasteiger partial charge on any atom is 0.140 e. The first-order valence-corrected chi connectivity index (χ1v) is 49.2. The number of fused-ring (bicyclic) bond motifs is 18. The zero-order valence-electron chi connectivity index (χ0n) is 94.3. The Bertz CT molecular complexity index is 10300. The monoisotopic (exact) mass is 1890 g/mol. The Labute approximate surface area is 874 Å². The van der Waals surface area contributed by atoms with Gasteiger partial charge in [0.2, 0.25) is 0 Å². The number of nitrogens with zero attached hydrogens (tertiary/aromatic N) is 3. The minimum atomic E-state index is -1.31. The van der Waals surface area contributed by atoms with Gasteiger partial charge in [0.1, 0.15) is 33.5 Å². The molecular weight excluding hydrogens is 1780 g/mol. The fraction of sp³-hybridized carbons (Fsp3) is 0.0213. The Kier molecular flexibility index (Phi) is 17.9. The molecule has 0 fully saturated rings. The van der Waals surface area contributed by atoms with E-state index in [2.05, 4.69) is 215 Å². The number of furan rings is 3. The molecule has 0 radical (unpaired) electrons. The van der Waals surface area contributed by atoms with E-state index in [-0.39, 0.29) is 89.2 Å². The predicted octanol–water partition coefficient (Wildman–Crippen LogP) is 37.6. The van der Waals surface area contributed by atoms with Gasteiger partial charge in [0.15, 0.2) is 0 Å². The summed E-state index contributed by atoms with van der Waals surface area (Å²) in [6.07, 6.45) is 0. The SMILES string of the molecule is [2H]c1c([2H])c([2H])c(C2(c3ccc4oc5ccccc5c4c3)c3ccccc3-c3cc(N(c4ccccc4)c4ccc(-c5ccccc5)cc4)ccc32)c([2H])c1[2H].[2H]c1c([2H])c([2H])c(C2(c3cccc4c3oc3ccccc34)c3ccccc3-c3cc(N(c4ccccc4)c4ccccc4)ccc32)c([2H])c1[2H].[2H]c1c([2H])c([2H])c(C2(c3cccc4oc5ccccc5c34)c3ccccc3-c3cc(N(c4ccccc4)c4ccc(-c5ccccc5)cc4)ccc32)c([2H])c1[2H]. The summed E-state index contributed by atoms with van der Waals surface area (Å²) in [6, 6.07) is 158. The van der Waals surface area contributed by atoms with Gasteiger partial charge in [0, 0.05) is 89.1 Å². The summed E-state index contributed by atoms with van der Waals surface area (Å²) in [5.41, 5.74) is 26.9. The van der Waals surface area contributed by atoms with Crippen molar-refractivity contribution in [2.75, 3.05) is 14.7 Å². The number of hydrogen-bond donors (Lipinski definition) is 0. The maximum absolute atomic E-state index is 9.50. The molecule has 3 aromatic heterocycles. The second-order valence-corrected chi connectivity index (χ2v) is 37.1. The van der Waals surface area contributed by atoms with Crippen LogP contribution < -0.4 is 14.7 Å². The first kappa shape index (κ1) is 72.2. The molecule has 147 heavy (non-hydrogen) atoms. The largest absolute Gasteiger partial charge is 0.456 e. The molecule has 6 heteroatoms. The molecule has 0 saturated heterocycles. The molecule has 3 atom stereocenters. The molecule has 3 aliphatic carbocycles. The zero-order valence-corrected chi connectivity index (χ0v) is 79.3. The summed E-state index contributed by atoms with van der Waals surface area (Å²) >= 11 is 0. The van der Waals surface area contributed by atoms with Crippen LogP contribution in [0.5, 0.6) is 0 Å². The highest BCUT2D eigenvalue weighted by Crippen LogP contribution is 2.63. The number of rotatable bonds is 17. The van der Waals surface area contributed by atoms with Crippen LogP contribution in [0.15, 0.2) is 589 Å². The average Bonchev–Trinajstić information content (AvgIpc) is 1.51. The number of anilines is 9. The summed E-state index contributed by atoms with van der Waals surface area (Å²) in [7, 11) is 0. The van der Waals surface area contributed by atoms with Crippen LogP contribution >= 0.6 is 0 Å². The predicted molar refractivity (Wildman–Crippen MR) is 608 cm³/mol. The van der Waals surface area contributed by atoms with Crippen LogP contribution in [0.4, 0.5) is 51.2 Å². The first-order valence-electron chi connectivity index (χ1n) is 56.7. The van der Waals surface area contributed by atoms with Crippen LogP contribution in [-0.2, 0) is 16.2 Å². The highest BCUT2D eigenvalue weighted by atomic mass is 16.3. The minimum Gasteiger partial charge on any atom is -0.456 e. The quantitative estimate of drug-likeness (QED) is 0.0905. The Balaban J connectivity index is 0.000000117. The van der Waals surface area contributed by atoms with Crippen molar-refractivity contribution in [3.63, 3.8) is 0 Å². The van der Waals surface area contributed by atoms with Gasteiger partial charge in [-0.25, -0.2) is 0 Å². The van der Waals surface area contributed by atoms with Crippen LogP contribution in [0.1, 0.15) is 87.3 Å². The third-order valence-electron chi connectivity index (χ3n) is 29.4. The van der Waals surface area contributed by atoms with Gasteiger partial charge < -0.3 is 28.0 Å². The standard InChI is InChI=1S/2C49H33NO.C43H29NO/c1-4-15-34(16-5-1)35-27-29-38(30-28-35)50(37-19-8-3-9-20-37)39-31-32-44-42(33-39)40-21-10-12-23-43(40)49(44,36-17-6-2-7-18-36)45-24-14-26-47-48(45)41-22-11-13-25-46(41)51-47;1-4-14-34(15-5-1)35-24-27-39(28-25-35)50(38-18-8-3-9-19-38)40-29-30-46-43(33-40)41-20-10-12-22-45(41)49(46,36-16-6-2-7-17-36)37-26-31-48-44(32-37)42-21-11-13-23-47(42)51-48;1-4-15-30(16-5-1)43(40-25-14-23-36-35-22-11-13-26-41(35)45-42(36)40)38-24-12-10-21-34(38)37-29-33(27-28-39(37)43)44(31-17-6-2-7-18-31)32-19-8-3-9-20-32/h2*1-33H;1-29H/i2D,6D,7D,17D,18D;2D,6D,7D,16D,17D;1D,4D,5D,15D,16D. The maximum atomic E-state index is 9.50. The zero-order chi connectivity index (χ0) is 110. The molecule has 0 N–H and O–H groups in total. The molecule has 3 unspecified atom stereocenters. The van der Waals surface area contributed by atoms with E-state index in [0.717, 1.165) is 195 Å². The van der Waals surface area contributed by atoms with Crippen molar-refractivity contribution in [3.8, 4) is 55.6 Å². The lowest BCUT2D eigenvalue weighted by Gasteiger charge is -2.34. The van der Waals surface area contributed by atoms with E-state index in [1.54, 1.807) is 0 Å². The smallest absolute Gasteiger partial charge is 0.140 e. The van der Waals surface area contributed by atoms with E-state index in [0.29, 0.717) is 27.9 Å². The van der Waals surface area contributed by atoms with E-state index in [9.17, 15) is 8.22 Å². The summed E-state index contributed by atoms with van der Waals surface area (Å²) in [6.45, 7) is 0. The molecular formula is C141H95N3O3. The van der Waals surface area contributed by atoms with Crippen molar-refractivity contribution < 1.29 is 33.8 Å². The minimum absolute atomic E-state index is 0.193. The second-order valence-electron chi connectivity index (χ2n) is 37.1. The molecule has 0 saturated carbocycles. The van der Waals surface area contributed by atoms with Gasteiger partial charge in [-0.2, -0.15) is 0 Å². The fourth-order valence-electron chi connectivity index (χ4n) is 23.3. The highest BCUT2D eigenvalue weighted by Gasteiger charge is 2.51. The molecule has 0 amide bonds. The topological polar surface area (TPSA) is 49.1 Å². The van der Waals surface area contributed by atoms with Gasteiger partial charge >= 0.3 is 0 Å². The summed E-state index contributed by atoms with van der Waals surface area (Å²) in [5.74, 6) is 0. The molecule has 29 rings (SSSR count). The van der Waals surface area contributed by atoms with Crippen LogP contribution in [0.25, 0.3) is 121 Å². The lowest BCUT2D eigenvalue weighted by Crippen LogP contribution is -2.28.